The summed E-state index contributed by atoms with van der Waals surface area (Å²) in [7, 11) is 0. The second-order valence-electron chi connectivity index (χ2n) is 7.62. The van der Waals surface area contributed by atoms with Crippen LogP contribution in [0.3, 0.4) is 0 Å². The summed E-state index contributed by atoms with van der Waals surface area (Å²) in [6, 6.07) is 33.9. The zero-order valence-electron chi connectivity index (χ0n) is 18.3. The molecule has 0 aliphatic heterocycles. The Morgan fingerprint density at radius 1 is 0.765 bits per heavy atom. The van der Waals surface area contributed by atoms with E-state index in [0.29, 0.717) is 22.8 Å². The van der Waals surface area contributed by atoms with Crippen molar-refractivity contribution in [2.45, 2.75) is 16.6 Å². The van der Waals surface area contributed by atoms with Gasteiger partial charge in [-0.3, -0.25) is 9.59 Å². The quantitative estimate of drug-likeness (QED) is 0.264. The molecular weight excluding hydrogens is 464 g/mol. The molecule has 2 amide bonds. The summed E-state index contributed by atoms with van der Waals surface area (Å²) >= 11 is 7.66. The molecule has 4 aromatic carbocycles. The van der Waals surface area contributed by atoms with Gasteiger partial charge in [0.15, 0.2) is 0 Å². The van der Waals surface area contributed by atoms with Crippen LogP contribution in [0.2, 0.25) is 5.02 Å². The van der Waals surface area contributed by atoms with E-state index in [2.05, 4.69) is 10.6 Å². The molecule has 2 N–H and O–H groups in total. The average molecular weight is 487 g/mol. The number of hydrogen-bond donors (Lipinski definition) is 2. The molecule has 34 heavy (non-hydrogen) atoms. The number of rotatable bonds is 8. The highest BCUT2D eigenvalue weighted by molar-refractivity contribution is 8.00. The lowest BCUT2D eigenvalue weighted by atomic mass is 10.1. The fourth-order valence-electron chi connectivity index (χ4n) is 3.43. The number of carbonyl (C=O) groups is 2. The van der Waals surface area contributed by atoms with E-state index in [1.165, 1.54) is 11.8 Å². The minimum Gasteiger partial charge on any atom is -0.326 e. The maximum Gasteiger partial charge on any atom is 0.242 e. The highest BCUT2D eigenvalue weighted by Crippen LogP contribution is 2.37. The molecule has 4 nitrogen and oxygen atoms in total. The number of para-hydroxylation sites is 1. The number of halogens is 1. The minimum absolute atomic E-state index is 0.0931. The van der Waals surface area contributed by atoms with Crippen molar-refractivity contribution in [1.82, 2.24) is 0 Å². The fourth-order valence-corrected chi connectivity index (χ4v) is 4.70. The third-order valence-corrected chi connectivity index (χ3v) is 6.63. The summed E-state index contributed by atoms with van der Waals surface area (Å²) in [5.41, 5.74) is 3.07. The number of thioether (sulfide) groups is 1. The number of hydrogen-bond acceptors (Lipinski definition) is 3. The molecule has 1 unspecified atom stereocenters. The van der Waals surface area contributed by atoms with Crippen molar-refractivity contribution in [1.29, 1.82) is 0 Å². The fraction of sp³-hybridized carbons (Fsp3) is 0.0714. The van der Waals surface area contributed by atoms with E-state index in [4.69, 9.17) is 11.6 Å². The Morgan fingerprint density at radius 2 is 1.44 bits per heavy atom. The molecule has 0 aromatic heterocycles. The van der Waals surface area contributed by atoms with E-state index >= 15 is 0 Å². The van der Waals surface area contributed by atoms with Gasteiger partial charge < -0.3 is 10.6 Å². The summed E-state index contributed by atoms with van der Waals surface area (Å²) in [6.45, 7) is 0. The normalized spacial score (nSPS) is 11.4. The van der Waals surface area contributed by atoms with Crippen LogP contribution in [0.4, 0.5) is 11.4 Å². The lowest BCUT2D eigenvalue weighted by Gasteiger charge is -2.18. The van der Waals surface area contributed by atoms with Gasteiger partial charge in [0.1, 0.15) is 5.25 Å². The van der Waals surface area contributed by atoms with Crippen LogP contribution < -0.4 is 10.6 Å². The molecular formula is C28H23ClN2O2S. The van der Waals surface area contributed by atoms with Gasteiger partial charge in [-0.25, -0.2) is 0 Å². The van der Waals surface area contributed by atoms with Gasteiger partial charge in [-0.15, -0.1) is 11.8 Å². The summed E-state index contributed by atoms with van der Waals surface area (Å²) < 4.78 is 0. The predicted molar refractivity (Wildman–Crippen MR) is 140 cm³/mol. The van der Waals surface area contributed by atoms with Gasteiger partial charge in [0.05, 0.1) is 17.1 Å². The van der Waals surface area contributed by atoms with E-state index < -0.39 is 5.25 Å². The number of benzene rings is 4. The molecule has 0 saturated carbocycles. The van der Waals surface area contributed by atoms with E-state index in [0.717, 1.165) is 16.0 Å². The Labute approximate surface area is 208 Å². The zero-order valence-corrected chi connectivity index (χ0v) is 19.9. The molecule has 0 saturated heterocycles. The van der Waals surface area contributed by atoms with Crippen molar-refractivity contribution in [3.63, 3.8) is 0 Å². The van der Waals surface area contributed by atoms with Crippen LogP contribution in [0.25, 0.3) is 0 Å². The van der Waals surface area contributed by atoms with E-state index in [1.54, 1.807) is 12.1 Å². The average Bonchev–Trinajstić information content (AvgIpc) is 2.85. The van der Waals surface area contributed by atoms with Gasteiger partial charge in [-0.05, 0) is 41.5 Å². The van der Waals surface area contributed by atoms with Crippen LogP contribution >= 0.6 is 23.4 Å². The number of nitrogens with one attached hydrogen (secondary N) is 2. The SMILES string of the molecule is O=C(Cc1ccccc1)Nc1cccc(SC(C(=O)Nc2ccccc2Cl)c2ccccc2)c1. The van der Waals surface area contributed by atoms with Gasteiger partial charge in [0.25, 0.3) is 0 Å². The lowest BCUT2D eigenvalue weighted by Crippen LogP contribution is -2.19. The van der Waals surface area contributed by atoms with Gasteiger partial charge in [0, 0.05) is 10.6 Å². The second kappa shape index (κ2) is 11.5. The Kier molecular flexibility index (Phi) is 8.02. The molecule has 0 bridgehead atoms. The first kappa shape index (κ1) is 23.6. The highest BCUT2D eigenvalue weighted by atomic mass is 35.5. The largest absolute Gasteiger partial charge is 0.326 e. The van der Waals surface area contributed by atoms with Crippen LogP contribution in [-0.4, -0.2) is 11.8 Å². The van der Waals surface area contributed by atoms with Gasteiger partial charge in [-0.2, -0.15) is 0 Å². The first-order chi connectivity index (χ1) is 16.6. The molecule has 0 aliphatic carbocycles. The minimum atomic E-state index is -0.507. The molecule has 6 heteroatoms. The number of carbonyl (C=O) groups excluding carboxylic acids is 2. The van der Waals surface area contributed by atoms with Crippen molar-refractivity contribution in [2.75, 3.05) is 10.6 Å². The monoisotopic (exact) mass is 486 g/mol. The Morgan fingerprint density at radius 3 is 2.18 bits per heavy atom. The maximum atomic E-state index is 13.3. The molecule has 0 aliphatic rings. The third-order valence-electron chi connectivity index (χ3n) is 5.05. The Hall–Kier alpha value is -3.54. The van der Waals surface area contributed by atoms with Crippen molar-refractivity contribution < 1.29 is 9.59 Å². The third kappa shape index (κ3) is 6.50. The van der Waals surface area contributed by atoms with Crippen LogP contribution in [0.15, 0.2) is 114 Å². The lowest BCUT2D eigenvalue weighted by molar-refractivity contribution is -0.116. The highest BCUT2D eigenvalue weighted by Gasteiger charge is 2.23. The van der Waals surface area contributed by atoms with Crippen LogP contribution in [0.5, 0.6) is 0 Å². The van der Waals surface area contributed by atoms with E-state index in [9.17, 15) is 9.59 Å². The molecule has 0 spiro atoms. The van der Waals surface area contributed by atoms with Gasteiger partial charge in [0.2, 0.25) is 11.8 Å². The van der Waals surface area contributed by atoms with Crippen molar-refractivity contribution >= 4 is 46.6 Å². The van der Waals surface area contributed by atoms with Crippen molar-refractivity contribution in [3.05, 3.63) is 125 Å². The first-order valence-electron chi connectivity index (χ1n) is 10.8. The van der Waals surface area contributed by atoms with Gasteiger partial charge in [-0.1, -0.05) is 90.5 Å². The zero-order chi connectivity index (χ0) is 23.8. The van der Waals surface area contributed by atoms with Crippen LogP contribution in [0.1, 0.15) is 16.4 Å². The number of anilines is 2. The number of amides is 2. The standard InChI is InChI=1S/C28H23ClN2O2S/c29-24-16-7-8-17-25(24)31-28(33)27(21-12-5-2-6-13-21)34-23-15-9-14-22(19-23)30-26(32)18-20-10-3-1-4-11-20/h1-17,19,27H,18H2,(H,30,32)(H,31,33). The van der Waals surface area contributed by atoms with E-state index in [1.807, 2.05) is 97.1 Å². The second-order valence-corrected chi connectivity index (χ2v) is 9.20. The molecule has 170 valence electrons. The first-order valence-corrected chi connectivity index (χ1v) is 12.0. The molecule has 1 atom stereocenters. The molecule has 0 heterocycles. The summed E-state index contributed by atoms with van der Waals surface area (Å²) in [4.78, 5) is 26.6. The summed E-state index contributed by atoms with van der Waals surface area (Å²) in [5, 5.41) is 5.87. The summed E-state index contributed by atoms with van der Waals surface area (Å²) in [6.07, 6.45) is 0.297. The maximum absolute atomic E-state index is 13.3. The topological polar surface area (TPSA) is 58.2 Å². The molecule has 4 rings (SSSR count). The van der Waals surface area contributed by atoms with Crippen molar-refractivity contribution in [2.24, 2.45) is 0 Å². The van der Waals surface area contributed by atoms with Gasteiger partial charge >= 0.3 is 0 Å². The summed E-state index contributed by atoms with van der Waals surface area (Å²) in [5.74, 6) is -0.271. The van der Waals surface area contributed by atoms with Crippen LogP contribution in [0, 0.1) is 0 Å². The smallest absolute Gasteiger partial charge is 0.242 e. The molecule has 0 radical (unpaired) electrons. The molecule has 4 aromatic rings. The van der Waals surface area contributed by atoms with Crippen LogP contribution in [-0.2, 0) is 16.0 Å². The molecule has 0 fully saturated rings. The Balaban J connectivity index is 1.50. The van der Waals surface area contributed by atoms with Crippen molar-refractivity contribution in [3.8, 4) is 0 Å². The van der Waals surface area contributed by atoms with E-state index in [-0.39, 0.29) is 11.8 Å². The predicted octanol–water partition coefficient (Wildman–Crippen LogP) is 6.99. The Bertz CT molecular complexity index is 1270.